The zero-order valence-corrected chi connectivity index (χ0v) is 21.3. The summed E-state index contributed by atoms with van der Waals surface area (Å²) in [7, 11) is 0. The van der Waals surface area contributed by atoms with Gasteiger partial charge in [-0.2, -0.15) is 0 Å². The highest BCUT2D eigenvalue weighted by Crippen LogP contribution is 2.37. The Morgan fingerprint density at radius 2 is 0.923 bits per heavy atom. The van der Waals surface area contributed by atoms with E-state index in [4.69, 9.17) is 0 Å². The number of amides is 6. The van der Waals surface area contributed by atoms with Crippen molar-refractivity contribution in [1.29, 1.82) is 0 Å². The van der Waals surface area contributed by atoms with Gasteiger partial charge in [0.15, 0.2) is 0 Å². The molecule has 2 aliphatic heterocycles. The summed E-state index contributed by atoms with van der Waals surface area (Å²) in [6, 6.07) is 0. The van der Waals surface area contributed by atoms with Gasteiger partial charge in [0.1, 0.15) is 0 Å². The third-order valence-corrected chi connectivity index (χ3v) is 6.62. The van der Waals surface area contributed by atoms with E-state index >= 15 is 0 Å². The summed E-state index contributed by atoms with van der Waals surface area (Å²) in [5.41, 5.74) is -0.840. The van der Waals surface area contributed by atoms with Crippen LogP contribution in [0.25, 0.3) is 0 Å². The van der Waals surface area contributed by atoms with E-state index in [1.165, 1.54) is 0 Å². The van der Waals surface area contributed by atoms with E-state index < -0.39 is 52.8 Å². The first kappa shape index (κ1) is 30.9. The molecule has 212 valence electrons. The van der Waals surface area contributed by atoms with Crippen molar-refractivity contribution in [2.45, 2.75) is 51.4 Å². The molecule has 0 atom stereocenters. The largest absolute Gasteiger partial charge is 0.481 e. The lowest BCUT2D eigenvalue weighted by molar-refractivity contribution is -0.140. The van der Waals surface area contributed by atoms with Crippen LogP contribution in [0.4, 0.5) is 0 Å². The summed E-state index contributed by atoms with van der Waals surface area (Å²) in [4.78, 5) is 95.4. The van der Waals surface area contributed by atoms with Crippen LogP contribution in [0.1, 0.15) is 51.4 Å². The Balaban J connectivity index is 1.92. The molecule has 0 unspecified atom stereocenters. The first-order chi connectivity index (χ1) is 18.4. The van der Waals surface area contributed by atoms with E-state index in [1.54, 1.807) is 0 Å². The number of hydrogen-bond donors (Lipinski definition) is 4. The van der Waals surface area contributed by atoms with Gasteiger partial charge in [-0.1, -0.05) is 0 Å². The lowest BCUT2D eigenvalue weighted by atomic mass is 9.73. The van der Waals surface area contributed by atoms with Crippen molar-refractivity contribution >= 4 is 47.4 Å². The molecule has 0 bridgehead atoms. The fraction of sp³-hybridized carbons (Fsp3) is 0.520. The lowest BCUT2D eigenvalue weighted by Crippen LogP contribution is -2.38. The summed E-state index contributed by atoms with van der Waals surface area (Å²) < 4.78 is 0. The molecular weight excluding hydrogens is 516 g/mol. The second-order valence-electron chi connectivity index (χ2n) is 9.31. The number of rotatable bonds is 18. The number of aliphatic carboxylic acids is 2. The highest BCUT2D eigenvalue weighted by Gasteiger charge is 2.32. The quantitative estimate of drug-likeness (QED) is 0.159. The molecule has 39 heavy (non-hydrogen) atoms. The molecule has 2 heterocycles. The fourth-order valence-corrected chi connectivity index (χ4v) is 4.33. The molecule has 0 saturated carbocycles. The first-order valence-electron chi connectivity index (χ1n) is 12.5. The van der Waals surface area contributed by atoms with Crippen molar-refractivity contribution < 1.29 is 48.6 Å². The number of nitrogens with one attached hydrogen (secondary N) is 2. The Morgan fingerprint density at radius 1 is 0.590 bits per heavy atom. The van der Waals surface area contributed by atoms with E-state index in [-0.39, 0.29) is 77.5 Å². The molecule has 0 aromatic rings. The molecule has 14 nitrogen and oxygen atoms in total. The molecule has 6 amide bonds. The van der Waals surface area contributed by atoms with Gasteiger partial charge in [0, 0.05) is 76.2 Å². The Hall–Kier alpha value is -4.36. The van der Waals surface area contributed by atoms with Crippen molar-refractivity contribution in [3.63, 3.8) is 0 Å². The van der Waals surface area contributed by atoms with Gasteiger partial charge in [0.2, 0.25) is 11.8 Å². The van der Waals surface area contributed by atoms with E-state index in [0.717, 1.165) is 34.1 Å². The van der Waals surface area contributed by atoms with E-state index in [1.807, 2.05) is 0 Å². The third-order valence-electron chi connectivity index (χ3n) is 6.62. The molecule has 0 aromatic heterocycles. The van der Waals surface area contributed by atoms with Crippen molar-refractivity contribution in [3.05, 3.63) is 24.3 Å². The molecular formula is C25H32N4O10. The van der Waals surface area contributed by atoms with Crippen LogP contribution in [0.5, 0.6) is 0 Å². The molecule has 0 aromatic carbocycles. The lowest BCUT2D eigenvalue weighted by Gasteiger charge is -2.34. The summed E-state index contributed by atoms with van der Waals surface area (Å²) in [5, 5.41) is 23.8. The molecule has 2 rings (SSSR count). The average Bonchev–Trinajstić information content (AvgIpc) is 3.37. The predicted octanol–water partition coefficient (Wildman–Crippen LogP) is -0.655. The summed E-state index contributed by atoms with van der Waals surface area (Å²) >= 11 is 0. The van der Waals surface area contributed by atoms with Gasteiger partial charge in [0.05, 0.1) is 0 Å². The zero-order chi connectivity index (χ0) is 29.0. The Kier molecular flexibility index (Phi) is 11.5. The van der Waals surface area contributed by atoms with Crippen molar-refractivity contribution in [2.24, 2.45) is 5.41 Å². The van der Waals surface area contributed by atoms with E-state index in [0.29, 0.717) is 0 Å². The minimum atomic E-state index is -1.08. The maximum absolute atomic E-state index is 12.3. The summed E-state index contributed by atoms with van der Waals surface area (Å²) in [5.74, 6) is -5.07. The number of carbonyl (C=O) groups excluding carboxylic acids is 6. The zero-order valence-electron chi connectivity index (χ0n) is 21.3. The third kappa shape index (κ3) is 10.1. The molecule has 0 spiro atoms. The van der Waals surface area contributed by atoms with Crippen molar-refractivity contribution in [3.8, 4) is 0 Å². The van der Waals surface area contributed by atoms with Gasteiger partial charge < -0.3 is 20.8 Å². The monoisotopic (exact) mass is 548 g/mol. The molecule has 0 saturated heterocycles. The SMILES string of the molecule is O=C(O)CCC(CCNC(=O)CCN1C(=O)C=CC1=O)(CCNC(=O)CCN1C(=O)C=CC1=O)CCC(=O)O. The molecule has 14 heteroatoms. The topological polar surface area (TPSA) is 208 Å². The molecule has 0 fully saturated rings. The standard InChI is InChI=1S/C25H32N4O10/c30-17(7-15-28-19(32)1-2-20(28)33)26-13-11-25(9-5-23(36)37,10-6-24(38)39)12-14-27-18(31)8-16-29-21(34)3-4-22(29)35/h1-4H,5-16H2,(H,26,30)(H,27,31)(H,36,37)(H,38,39). The summed E-state index contributed by atoms with van der Waals surface area (Å²) in [6.07, 6.45) is 4.33. The number of hydrogen-bond acceptors (Lipinski definition) is 8. The molecule has 4 N–H and O–H groups in total. The van der Waals surface area contributed by atoms with Gasteiger partial charge in [-0.15, -0.1) is 0 Å². The molecule has 0 aliphatic carbocycles. The molecule has 2 aliphatic rings. The minimum Gasteiger partial charge on any atom is -0.481 e. The molecule has 0 radical (unpaired) electrons. The Morgan fingerprint density at radius 3 is 1.23 bits per heavy atom. The fourth-order valence-electron chi connectivity index (χ4n) is 4.33. The van der Waals surface area contributed by atoms with Gasteiger partial charge in [-0.05, 0) is 31.1 Å². The van der Waals surface area contributed by atoms with Gasteiger partial charge in [-0.3, -0.25) is 48.2 Å². The highest BCUT2D eigenvalue weighted by molar-refractivity contribution is 6.13. The number of imide groups is 2. The Labute approximate surface area is 224 Å². The first-order valence-corrected chi connectivity index (χ1v) is 12.5. The number of carboxylic acids is 2. The number of carbonyl (C=O) groups is 8. The normalized spacial score (nSPS) is 14.9. The average molecular weight is 549 g/mol. The van der Waals surface area contributed by atoms with Crippen LogP contribution in [-0.4, -0.2) is 93.6 Å². The highest BCUT2D eigenvalue weighted by atomic mass is 16.4. The maximum Gasteiger partial charge on any atom is 0.303 e. The maximum atomic E-state index is 12.3. The van der Waals surface area contributed by atoms with Crippen molar-refractivity contribution in [1.82, 2.24) is 20.4 Å². The van der Waals surface area contributed by atoms with Gasteiger partial charge in [0.25, 0.3) is 23.6 Å². The van der Waals surface area contributed by atoms with Crippen LogP contribution in [0.15, 0.2) is 24.3 Å². The summed E-state index contributed by atoms with van der Waals surface area (Å²) in [6.45, 7) is -0.0382. The number of nitrogens with zero attached hydrogens (tertiary/aromatic N) is 2. The van der Waals surface area contributed by atoms with Crippen LogP contribution in [0.2, 0.25) is 0 Å². The second kappa shape index (κ2) is 14.5. The van der Waals surface area contributed by atoms with Gasteiger partial charge >= 0.3 is 11.9 Å². The Bertz CT molecular complexity index is 961. The van der Waals surface area contributed by atoms with Crippen LogP contribution in [-0.2, 0) is 38.4 Å². The predicted molar refractivity (Wildman–Crippen MR) is 132 cm³/mol. The second-order valence-corrected chi connectivity index (χ2v) is 9.31. The van der Waals surface area contributed by atoms with Crippen LogP contribution in [0, 0.1) is 5.41 Å². The van der Waals surface area contributed by atoms with Gasteiger partial charge in [-0.25, -0.2) is 0 Å². The van der Waals surface area contributed by atoms with Crippen LogP contribution < -0.4 is 10.6 Å². The number of carboxylic acid groups (broad SMARTS) is 2. The van der Waals surface area contributed by atoms with E-state index in [9.17, 15) is 48.6 Å². The smallest absolute Gasteiger partial charge is 0.303 e. The van der Waals surface area contributed by atoms with Crippen LogP contribution >= 0.6 is 0 Å². The van der Waals surface area contributed by atoms with Crippen LogP contribution in [0.3, 0.4) is 0 Å². The van der Waals surface area contributed by atoms with E-state index in [2.05, 4.69) is 10.6 Å². The van der Waals surface area contributed by atoms with Crippen molar-refractivity contribution in [2.75, 3.05) is 26.2 Å². The minimum absolute atomic E-state index is 0.0817.